The fourth-order valence-electron chi connectivity index (χ4n) is 2.50. The second-order valence-corrected chi connectivity index (χ2v) is 5.62. The molecule has 0 amide bonds. The molecule has 1 unspecified atom stereocenters. The van der Waals surface area contributed by atoms with Gasteiger partial charge in [0.2, 0.25) is 0 Å². The summed E-state index contributed by atoms with van der Waals surface area (Å²) in [7, 11) is 1.68. The Morgan fingerprint density at radius 2 is 1.95 bits per heavy atom. The summed E-state index contributed by atoms with van der Waals surface area (Å²) in [5.41, 5.74) is 8.94. The summed E-state index contributed by atoms with van der Waals surface area (Å²) in [6.45, 7) is 4.28. The molecule has 0 aliphatic heterocycles. The molecule has 21 heavy (non-hydrogen) atoms. The minimum atomic E-state index is 0.112. The first-order valence-corrected chi connectivity index (χ1v) is 8.01. The van der Waals surface area contributed by atoms with Gasteiger partial charge in [-0.3, -0.25) is 0 Å². The first kappa shape index (κ1) is 17.5. The van der Waals surface area contributed by atoms with Gasteiger partial charge in [-0.05, 0) is 48.9 Å². The van der Waals surface area contributed by atoms with Crippen LogP contribution in [0.25, 0.3) is 0 Å². The van der Waals surface area contributed by atoms with E-state index < -0.39 is 0 Å². The van der Waals surface area contributed by atoms with Crippen molar-refractivity contribution in [3.63, 3.8) is 0 Å². The zero-order valence-electron chi connectivity index (χ0n) is 13.6. The highest BCUT2D eigenvalue weighted by Crippen LogP contribution is 2.26. The number of hydrogen-bond acceptors (Lipinski definition) is 3. The number of methoxy groups -OCH3 is 1. The summed E-state index contributed by atoms with van der Waals surface area (Å²) >= 11 is 0. The van der Waals surface area contributed by atoms with E-state index in [2.05, 4.69) is 19.9 Å². The van der Waals surface area contributed by atoms with E-state index >= 15 is 0 Å². The summed E-state index contributed by atoms with van der Waals surface area (Å²) in [6.07, 6.45) is 7.43. The molecule has 1 aromatic carbocycles. The summed E-state index contributed by atoms with van der Waals surface area (Å²) in [5, 5.41) is 9.38. The van der Waals surface area contributed by atoms with E-state index in [1.165, 1.54) is 19.3 Å². The van der Waals surface area contributed by atoms with E-state index in [-0.39, 0.29) is 6.04 Å². The third kappa shape index (κ3) is 5.40. The highest BCUT2D eigenvalue weighted by atomic mass is 16.5. The number of nitriles is 1. The maximum absolute atomic E-state index is 9.38. The Hall–Kier alpha value is -1.53. The first-order chi connectivity index (χ1) is 10.2. The molecule has 2 N–H and O–H groups in total. The molecule has 0 aliphatic carbocycles. The van der Waals surface area contributed by atoms with E-state index in [1.54, 1.807) is 7.11 Å². The van der Waals surface area contributed by atoms with Gasteiger partial charge < -0.3 is 10.5 Å². The predicted molar refractivity (Wildman–Crippen MR) is 87.5 cm³/mol. The van der Waals surface area contributed by atoms with Crippen molar-refractivity contribution in [3.05, 3.63) is 28.8 Å². The quantitative estimate of drug-likeness (QED) is 0.699. The average Bonchev–Trinajstić information content (AvgIpc) is 2.51. The largest absolute Gasteiger partial charge is 0.496 e. The number of ether oxygens (including phenoxy) is 1. The normalized spacial score (nSPS) is 12.0. The van der Waals surface area contributed by atoms with Crippen molar-refractivity contribution in [3.8, 4) is 11.8 Å². The lowest BCUT2D eigenvalue weighted by Crippen LogP contribution is -2.21. The summed E-state index contributed by atoms with van der Waals surface area (Å²) in [5.74, 6) is 0.864. The van der Waals surface area contributed by atoms with Crippen LogP contribution in [0.4, 0.5) is 0 Å². The van der Waals surface area contributed by atoms with Gasteiger partial charge in [-0.1, -0.05) is 33.1 Å². The second-order valence-electron chi connectivity index (χ2n) is 5.62. The fourth-order valence-corrected chi connectivity index (χ4v) is 2.50. The molecule has 3 heteroatoms. The molecule has 0 saturated carbocycles. The second kappa shape index (κ2) is 9.41. The van der Waals surface area contributed by atoms with E-state index in [1.807, 2.05) is 12.1 Å². The van der Waals surface area contributed by atoms with E-state index in [0.29, 0.717) is 0 Å². The molecule has 0 heterocycles. The number of aryl methyl sites for hydroxylation is 1. The number of unbranched alkanes of at least 4 members (excludes halogenated alkanes) is 3. The van der Waals surface area contributed by atoms with Crippen LogP contribution in [-0.2, 0) is 12.8 Å². The zero-order valence-corrected chi connectivity index (χ0v) is 13.6. The van der Waals surface area contributed by atoms with Gasteiger partial charge in [0.25, 0.3) is 0 Å². The molecule has 116 valence electrons. The number of hydrogen-bond donors (Lipinski definition) is 1. The Morgan fingerprint density at radius 3 is 2.52 bits per heavy atom. The van der Waals surface area contributed by atoms with Crippen LogP contribution in [0.2, 0.25) is 0 Å². The van der Waals surface area contributed by atoms with Crippen LogP contribution in [0.5, 0.6) is 5.75 Å². The highest BCUT2D eigenvalue weighted by molar-refractivity contribution is 5.48. The number of nitrogens with two attached hydrogens (primary N) is 1. The molecule has 1 atom stereocenters. The van der Waals surface area contributed by atoms with Crippen molar-refractivity contribution in [2.24, 2.45) is 5.73 Å². The Labute approximate surface area is 129 Å². The Bertz CT molecular complexity index is 477. The molecular formula is C18H28N2O. The van der Waals surface area contributed by atoms with Gasteiger partial charge in [-0.25, -0.2) is 0 Å². The summed E-state index contributed by atoms with van der Waals surface area (Å²) < 4.78 is 5.49. The SMILES string of the molecule is CCCCCCc1cc(OC)c(CC(N)CC)cc1C#N. The fraction of sp³-hybridized carbons (Fsp3) is 0.611. The molecule has 0 saturated heterocycles. The molecule has 1 aromatic rings. The van der Waals surface area contributed by atoms with Gasteiger partial charge in [0, 0.05) is 6.04 Å². The molecule has 0 aromatic heterocycles. The van der Waals surface area contributed by atoms with Crippen LogP contribution in [0.1, 0.15) is 62.6 Å². The highest BCUT2D eigenvalue weighted by Gasteiger charge is 2.12. The monoisotopic (exact) mass is 288 g/mol. The van der Waals surface area contributed by atoms with Gasteiger partial charge in [0.05, 0.1) is 18.7 Å². The van der Waals surface area contributed by atoms with Gasteiger partial charge >= 0.3 is 0 Å². The molecule has 0 spiro atoms. The minimum absolute atomic E-state index is 0.112. The summed E-state index contributed by atoms with van der Waals surface area (Å²) in [4.78, 5) is 0. The van der Waals surface area contributed by atoms with Crippen molar-refractivity contribution in [1.29, 1.82) is 5.26 Å². The van der Waals surface area contributed by atoms with Crippen molar-refractivity contribution in [2.75, 3.05) is 7.11 Å². The topological polar surface area (TPSA) is 59.0 Å². The van der Waals surface area contributed by atoms with Crippen molar-refractivity contribution in [1.82, 2.24) is 0 Å². The van der Waals surface area contributed by atoms with Crippen LogP contribution >= 0.6 is 0 Å². The lowest BCUT2D eigenvalue weighted by atomic mass is 9.95. The van der Waals surface area contributed by atoms with Crippen LogP contribution in [0, 0.1) is 11.3 Å². The number of nitrogens with zero attached hydrogens (tertiary/aromatic N) is 1. The van der Waals surface area contributed by atoms with Crippen molar-refractivity contribution < 1.29 is 4.74 Å². The maximum Gasteiger partial charge on any atom is 0.122 e. The van der Waals surface area contributed by atoms with E-state index in [4.69, 9.17) is 10.5 Å². The van der Waals surface area contributed by atoms with Gasteiger partial charge in [-0.15, -0.1) is 0 Å². The lowest BCUT2D eigenvalue weighted by Gasteiger charge is -2.15. The maximum atomic E-state index is 9.38. The lowest BCUT2D eigenvalue weighted by molar-refractivity contribution is 0.407. The average molecular weight is 288 g/mol. The van der Waals surface area contributed by atoms with Crippen LogP contribution in [0.3, 0.4) is 0 Å². The number of rotatable bonds is 9. The van der Waals surface area contributed by atoms with Gasteiger partial charge in [-0.2, -0.15) is 5.26 Å². The molecular weight excluding hydrogens is 260 g/mol. The van der Waals surface area contributed by atoms with Crippen LogP contribution in [0.15, 0.2) is 12.1 Å². The first-order valence-electron chi connectivity index (χ1n) is 8.01. The van der Waals surface area contributed by atoms with E-state index in [9.17, 15) is 5.26 Å². The molecule has 0 radical (unpaired) electrons. The zero-order chi connectivity index (χ0) is 15.7. The third-order valence-corrected chi connectivity index (χ3v) is 3.93. The molecule has 0 fully saturated rings. The van der Waals surface area contributed by atoms with Crippen molar-refractivity contribution >= 4 is 0 Å². The Kier molecular flexibility index (Phi) is 7.85. The van der Waals surface area contributed by atoms with Crippen LogP contribution in [-0.4, -0.2) is 13.2 Å². The Morgan fingerprint density at radius 1 is 1.19 bits per heavy atom. The smallest absolute Gasteiger partial charge is 0.122 e. The Balaban J connectivity index is 2.92. The predicted octanol–water partition coefficient (Wildman–Crippen LogP) is 3.97. The molecule has 0 bridgehead atoms. The summed E-state index contributed by atoms with van der Waals surface area (Å²) in [6, 6.07) is 6.43. The van der Waals surface area contributed by atoms with Crippen LogP contribution < -0.4 is 10.5 Å². The standard InChI is InChI=1S/C18H28N2O/c1-4-6-7-8-9-14-12-18(21-3)15(10-16(14)13-19)11-17(20)5-2/h10,12,17H,4-9,11,20H2,1-3H3. The van der Waals surface area contributed by atoms with Gasteiger partial charge in [0.1, 0.15) is 5.75 Å². The molecule has 1 rings (SSSR count). The minimum Gasteiger partial charge on any atom is -0.496 e. The third-order valence-electron chi connectivity index (χ3n) is 3.93. The molecule has 0 aliphatic rings. The van der Waals surface area contributed by atoms with Crippen molar-refractivity contribution in [2.45, 2.75) is 64.8 Å². The van der Waals surface area contributed by atoms with Gasteiger partial charge in [0.15, 0.2) is 0 Å². The van der Waals surface area contributed by atoms with E-state index in [0.717, 1.165) is 48.1 Å². The number of benzene rings is 1. The molecule has 3 nitrogen and oxygen atoms in total.